The van der Waals surface area contributed by atoms with Crippen LogP contribution in [0.1, 0.15) is 23.8 Å². The molecule has 0 spiro atoms. The van der Waals surface area contributed by atoms with Crippen molar-refractivity contribution in [1.29, 1.82) is 0 Å². The molecule has 0 aliphatic carbocycles. The van der Waals surface area contributed by atoms with Gasteiger partial charge in [0, 0.05) is 0 Å². The number of hydrogen-bond acceptors (Lipinski definition) is 0. The molecule has 0 saturated heterocycles. The van der Waals surface area contributed by atoms with Crippen molar-refractivity contribution in [3.8, 4) is 0 Å². The molecular weight excluding hydrogens is 223 g/mol. The van der Waals surface area contributed by atoms with Gasteiger partial charge >= 0.3 is 72.3 Å². The van der Waals surface area contributed by atoms with E-state index < -0.39 is 0 Å². The fourth-order valence-corrected chi connectivity index (χ4v) is 3.54. The van der Waals surface area contributed by atoms with E-state index in [2.05, 4.69) is 38.1 Å². The summed E-state index contributed by atoms with van der Waals surface area (Å²) in [5.74, 6) is 0. The van der Waals surface area contributed by atoms with E-state index in [1.54, 1.807) is 8.70 Å². The van der Waals surface area contributed by atoms with Gasteiger partial charge in [-0.05, 0) is 0 Å². The quantitative estimate of drug-likeness (QED) is 0.617. The van der Waals surface area contributed by atoms with Crippen molar-refractivity contribution in [2.75, 3.05) is 0 Å². The normalized spacial score (nSPS) is 9.54. The van der Waals surface area contributed by atoms with Gasteiger partial charge < -0.3 is 0 Å². The maximum atomic E-state index is 2.25. The van der Waals surface area contributed by atoms with E-state index in [0.29, 0.717) is 14.5 Å². The van der Waals surface area contributed by atoms with Crippen LogP contribution >= 0.6 is 0 Å². The molecule has 0 aliphatic heterocycles. The minimum absolute atomic E-state index is 0.612. The predicted octanol–water partition coefficient (Wildman–Crippen LogP) is 3.54. The molecule has 0 aliphatic rings. The first-order valence-corrected chi connectivity index (χ1v) is 6.45. The van der Waals surface area contributed by atoms with Gasteiger partial charge in [0.1, 0.15) is 0 Å². The molecule has 0 fully saturated rings. The van der Waals surface area contributed by atoms with E-state index in [0.717, 1.165) is 0 Å². The topological polar surface area (TPSA) is 0 Å². The van der Waals surface area contributed by atoms with Gasteiger partial charge in [0.25, 0.3) is 0 Å². The monoisotopic (exact) mass is 240 g/mol. The van der Waals surface area contributed by atoms with Crippen molar-refractivity contribution in [3.05, 3.63) is 34.3 Å². The first-order valence-electron chi connectivity index (χ1n) is 4.74. The van der Waals surface area contributed by atoms with Gasteiger partial charge in [-0.15, -0.1) is 0 Å². The summed E-state index contributed by atoms with van der Waals surface area (Å²) in [6.45, 7) is 8.47. The molecule has 0 bridgehead atoms. The van der Waals surface area contributed by atoms with Gasteiger partial charge in [0.05, 0.1) is 0 Å². The average molecular weight is 239 g/mol. The third kappa shape index (κ3) is 2.04. The summed E-state index contributed by atoms with van der Waals surface area (Å²) in [7, 11) is 0. The van der Waals surface area contributed by atoms with Crippen LogP contribution in [-0.2, 0) is 0 Å². The fraction of sp³-hybridized carbons (Fsp3) is 0.333. The van der Waals surface area contributed by atoms with Crippen molar-refractivity contribution in [2.24, 2.45) is 0 Å². The summed E-state index contributed by atoms with van der Waals surface area (Å²) in [6.07, 6.45) is 0. The zero-order chi connectivity index (χ0) is 9.84. The zero-order valence-electron chi connectivity index (χ0n) is 8.72. The molecule has 1 aromatic carbocycles. The van der Waals surface area contributed by atoms with Crippen molar-refractivity contribution in [3.63, 3.8) is 0 Å². The molecule has 1 aromatic heterocycles. The predicted molar refractivity (Wildman–Crippen MR) is 61.7 cm³/mol. The van der Waals surface area contributed by atoms with Crippen molar-refractivity contribution in [2.45, 2.75) is 27.7 Å². The molecule has 1 heterocycles. The average Bonchev–Trinajstić information content (AvgIpc) is 2.47. The van der Waals surface area contributed by atoms with Crippen molar-refractivity contribution < 1.29 is 0 Å². The first-order chi connectivity index (χ1) is 6.29. The molecular formula is C12H16Se. The summed E-state index contributed by atoms with van der Waals surface area (Å²) in [6, 6.07) is 8.72. The summed E-state index contributed by atoms with van der Waals surface area (Å²) in [5, 5.41) is 1.48. The molecule has 70 valence electrons. The zero-order valence-corrected chi connectivity index (χ0v) is 10.4. The Morgan fingerprint density at radius 1 is 1.00 bits per heavy atom. The second kappa shape index (κ2) is 4.64. The van der Waals surface area contributed by atoms with Crippen LogP contribution in [-0.4, -0.2) is 14.5 Å². The van der Waals surface area contributed by atoms with Gasteiger partial charge in [0.15, 0.2) is 0 Å². The third-order valence-corrected chi connectivity index (χ3v) is 4.58. The molecule has 0 radical (unpaired) electrons. The Morgan fingerprint density at radius 3 is 2.23 bits per heavy atom. The van der Waals surface area contributed by atoms with E-state index >= 15 is 0 Å². The Hall–Kier alpha value is -0.521. The Kier molecular flexibility index (Phi) is 3.77. The Labute approximate surface area is 86.3 Å². The molecule has 13 heavy (non-hydrogen) atoms. The van der Waals surface area contributed by atoms with Crippen LogP contribution in [0.2, 0.25) is 0 Å². The van der Waals surface area contributed by atoms with E-state index in [4.69, 9.17) is 0 Å². The third-order valence-electron chi connectivity index (χ3n) is 2.08. The van der Waals surface area contributed by atoms with Crippen LogP contribution in [0.4, 0.5) is 0 Å². The second-order valence-electron chi connectivity index (χ2n) is 2.78. The van der Waals surface area contributed by atoms with Crippen LogP contribution < -0.4 is 0 Å². The Balaban J connectivity index is 0.000000396. The molecule has 2 rings (SSSR count). The Bertz CT molecular complexity index is 385. The van der Waals surface area contributed by atoms with Crippen LogP contribution in [0.3, 0.4) is 0 Å². The van der Waals surface area contributed by atoms with Crippen LogP contribution in [0, 0.1) is 13.8 Å². The molecule has 0 amide bonds. The summed E-state index contributed by atoms with van der Waals surface area (Å²) in [5.41, 5.74) is 1.50. The molecule has 0 saturated carbocycles. The number of hydrogen-bond donors (Lipinski definition) is 0. The maximum absolute atomic E-state index is 2.25. The standard InChI is InChI=1S/C10H10Se.C2H6/c1-7-8(2)11-10-6-4-3-5-9(7)10;1-2/h3-6H,1-2H3;1-2H3. The molecule has 0 atom stereocenters. The van der Waals surface area contributed by atoms with Crippen LogP contribution in [0.15, 0.2) is 24.3 Å². The minimum atomic E-state index is 0.612. The molecule has 1 heteroatoms. The summed E-state index contributed by atoms with van der Waals surface area (Å²) in [4.78, 5) is 0. The van der Waals surface area contributed by atoms with E-state index in [1.807, 2.05) is 13.8 Å². The molecule has 0 N–H and O–H groups in total. The van der Waals surface area contributed by atoms with Gasteiger partial charge in [-0.1, -0.05) is 13.8 Å². The Morgan fingerprint density at radius 2 is 1.62 bits per heavy atom. The molecule has 0 nitrogen and oxygen atoms in total. The van der Waals surface area contributed by atoms with Crippen LogP contribution in [0.5, 0.6) is 0 Å². The summed E-state index contributed by atoms with van der Waals surface area (Å²) < 4.78 is 3.13. The number of rotatable bonds is 0. The summed E-state index contributed by atoms with van der Waals surface area (Å²) >= 11 is 0.612. The van der Waals surface area contributed by atoms with E-state index in [1.165, 1.54) is 10.9 Å². The molecule has 2 aromatic rings. The van der Waals surface area contributed by atoms with E-state index in [9.17, 15) is 0 Å². The number of benzene rings is 1. The molecule has 0 unspecified atom stereocenters. The van der Waals surface area contributed by atoms with Gasteiger partial charge in [0.2, 0.25) is 0 Å². The second-order valence-corrected chi connectivity index (χ2v) is 5.42. The van der Waals surface area contributed by atoms with Crippen molar-refractivity contribution >= 4 is 24.1 Å². The fourth-order valence-electron chi connectivity index (χ4n) is 1.30. The first kappa shape index (κ1) is 10.6. The van der Waals surface area contributed by atoms with Gasteiger partial charge in [-0.3, -0.25) is 0 Å². The number of aryl methyl sites for hydroxylation is 2. The van der Waals surface area contributed by atoms with E-state index in [-0.39, 0.29) is 0 Å². The van der Waals surface area contributed by atoms with Gasteiger partial charge in [-0.2, -0.15) is 0 Å². The van der Waals surface area contributed by atoms with Crippen molar-refractivity contribution in [1.82, 2.24) is 0 Å². The van der Waals surface area contributed by atoms with Gasteiger partial charge in [-0.25, -0.2) is 0 Å². The van der Waals surface area contributed by atoms with Crippen LogP contribution in [0.25, 0.3) is 9.65 Å². The SMILES string of the molecule is CC.Cc1[se]c2ccccc2c1C. The number of fused-ring (bicyclic) bond motifs is 1.